The van der Waals surface area contributed by atoms with E-state index in [0.717, 1.165) is 10.9 Å². The lowest BCUT2D eigenvalue weighted by molar-refractivity contribution is -0.156. The van der Waals surface area contributed by atoms with Gasteiger partial charge in [-0.15, -0.1) is 5.10 Å². The van der Waals surface area contributed by atoms with E-state index in [4.69, 9.17) is 10.1 Å². The summed E-state index contributed by atoms with van der Waals surface area (Å²) >= 11 is 0. The van der Waals surface area contributed by atoms with Crippen LogP contribution in [0.3, 0.4) is 0 Å². The van der Waals surface area contributed by atoms with Gasteiger partial charge in [-0.25, -0.2) is 0 Å². The standard InChI is InChI=1S/C15H20N4O2/c1-10(7-16)12-8-17-18-13-11(12)5-6-19(13)9-21-14(20)15(2,3)4/h5-8,10,16H,9H2,1-4H3. The van der Waals surface area contributed by atoms with Crippen LogP contribution >= 0.6 is 0 Å². The summed E-state index contributed by atoms with van der Waals surface area (Å²) in [5, 5.41) is 16.4. The van der Waals surface area contributed by atoms with Gasteiger partial charge in [0.05, 0.1) is 11.6 Å². The number of rotatable bonds is 4. The number of carbonyl (C=O) groups is 1. The number of aromatic nitrogens is 3. The smallest absolute Gasteiger partial charge is 0.312 e. The van der Waals surface area contributed by atoms with Crippen molar-refractivity contribution in [2.75, 3.05) is 0 Å². The Morgan fingerprint density at radius 2 is 2.24 bits per heavy atom. The second-order valence-corrected chi connectivity index (χ2v) is 6.09. The molecule has 0 spiro atoms. The van der Waals surface area contributed by atoms with Crippen molar-refractivity contribution in [1.82, 2.24) is 14.8 Å². The Bertz CT molecular complexity index is 670. The van der Waals surface area contributed by atoms with E-state index >= 15 is 0 Å². The first-order valence-corrected chi connectivity index (χ1v) is 6.83. The van der Waals surface area contributed by atoms with E-state index in [1.807, 2.05) is 40.0 Å². The van der Waals surface area contributed by atoms with Gasteiger partial charge in [0.25, 0.3) is 0 Å². The van der Waals surface area contributed by atoms with E-state index in [1.165, 1.54) is 6.21 Å². The van der Waals surface area contributed by atoms with Gasteiger partial charge < -0.3 is 10.1 Å². The SMILES string of the molecule is CC(C=N)c1cnnc2c1ccn2COC(=O)C(C)(C)C. The average molecular weight is 288 g/mol. The Morgan fingerprint density at radius 1 is 1.52 bits per heavy atom. The zero-order chi connectivity index (χ0) is 15.6. The van der Waals surface area contributed by atoms with Gasteiger partial charge in [0.1, 0.15) is 0 Å². The zero-order valence-corrected chi connectivity index (χ0v) is 12.8. The van der Waals surface area contributed by atoms with Crippen LogP contribution in [0.2, 0.25) is 0 Å². The van der Waals surface area contributed by atoms with E-state index in [1.54, 1.807) is 10.8 Å². The van der Waals surface area contributed by atoms with E-state index in [2.05, 4.69) is 10.2 Å². The maximum absolute atomic E-state index is 11.8. The number of esters is 1. The van der Waals surface area contributed by atoms with Gasteiger partial charge in [0, 0.05) is 23.7 Å². The van der Waals surface area contributed by atoms with Crippen LogP contribution in [-0.4, -0.2) is 26.9 Å². The molecule has 112 valence electrons. The molecule has 2 aromatic heterocycles. The molecule has 2 aromatic rings. The molecule has 0 aromatic carbocycles. The minimum atomic E-state index is -0.533. The van der Waals surface area contributed by atoms with Crippen LogP contribution in [0.1, 0.15) is 39.2 Å². The summed E-state index contributed by atoms with van der Waals surface area (Å²) in [6.45, 7) is 7.48. The molecule has 2 rings (SSSR count). The molecule has 0 aliphatic heterocycles. The molecule has 0 bridgehead atoms. The number of carbonyl (C=O) groups excluding carboxylic acids is 1. The number of hydrogen-bond acceptors (Lipinski definition) is 5. The van der Waals surface area contributed by atoms with E-state index in [0.29, 0.717) is 5.65 Å². The van der Waals surface area contributed by atoms with Crippen LogP contribution in [0.15, 0.2) is 18.5 Å². The van der Waals surface area contributed by atoms with Crippen LogP contribution in [0.5, 0.6) is 0 Å². The van der Waals surface area contributed by atoms with Gasteiger partial charge in [0.15, 0.2) is 12.4 Å². The molecule has 0 amide bonds. The summed E-state index contributed by atoms with van der Waals surface area (Å²) in [7, 11) is 0. The molecule has 6 nitrogen and oxygen atoms in total. The Morgan fingerprint density at radius 3 is 2.86 bits per heavy atom. The van der Waals surface area contributed by atoms with Crippen LogP contribution in [0.4, 0.5) is 0 Å². The van der Waals surface area contributed by atoms with E-state index < -0.39 is 5.41 Å². The Hall–Kier alpha value is -2.24. The van der Waals surface area contributed by atoms with Crippen LogP contribution in [-0.2, 0) is 16.3 Å². The average Bonchev–Trinajstić information content (AvgIpc) is 2.85. The van der Waals surface area contributed by atoms with Crippen LogP contribution in [0.25, 0.3) is 11.0 Å². The fraction of sp³-hybridized carbons (Fsp3) is 0.467. The van der Waals surface area contributed by atoms with Crippen LogP contribution in [0, 0.1) is 10.8 Å². The van der Waals surface area contributed by atoms with Crippen molar-refractivity contribution in [3.8, 4) is 0 Å². The van der Waals surface area contributed by atoms with Crippen molar-refractivity contribution >= 4 is 23.2 Å². The molecular weight excluding hydrogens is 268 g/mol. The molecule has 0 saturated carbocycles. The van der Waals surface area contributed by atoms with Crippen molar-refractivity contribution in [2.24, 2.45) is 5.41 Å². The van der Waals surface area contributed by atoms with E-state index in [-0.39, 0.29) is 18.6 Å². The molecule has 0 aliphatic rings. The number of nitrogens with zero attached hydrogens (tertiary/aromatic N) is 3. The third-order valence-electron chi connectivity index (χ3n) is 3.28. The van der Waals surface area contributed by atoms with E-state index in [9.17, 15) is 4.79 Å². The molecule has 0 aliphatic carbocycles. The molecular formula is C15H20N4O2. The summed E-state index contributed by atoms with van der Waals surface area (Å²) in [5.74, 6) is -0.294. The molecule has 1 N–H and O–H groups in total. The highest BCUT2D eigenvalue weighted by atomic mass is 16.5. The Balaban J connectivity index is 2.27. The van der Waals surface area contributed by atoms with Crippen molar-refractivity contribution in [2.45, 2.75) is 40.3 Å². The number of hydrogen-bond donors (Lipinski definition) is 1. The van der Waals surface area contributed by atoms with Crippen molar-refractivity contribution in [1.29, 1.82) is 5.41 Å². The molecule has 0 fully saturated rings. The lowest BCUT2D eigenvalue weighted by Gasteiger charge is -2.17. The first-order chi connectivity index (χ1) is 9.84. The quantitative estimate of drug-likeness (QED) is 0.693. The molecule has 21 heavy (non-hydrogen) atoms. The molecule has 1 unspecified atom stereocenters. The lowest BCUT2D eigenvalue weighted by atomic mass is 9.98. The fourth-order valence-electron chi connectivity index (χ4n) is 1.92. The van der Waals surface area contributed by atoms with Crippen molar-refractivity contribution < 1.29 is 9.53 Å². The van der Waals surface area contributed by atoms with Gasteiger partial charge in [-0.05, 0) is 32.4 Å². The molecule has 1 atom stereocenters. The van der Waals surface area contributed by atoms with Gasteiger partial charge in [-0.1, -0.05) is 6.92 Å². The minimum Gasteiger partial charge on any atom is -0.443 e. The second kappa shape index (κ2) is 5.63. The Labute approximate surface area is 123 Å². The summed E-state index contributed by atoms with van der Waals surface area (Å²) in [5.41, 5.74) is 1.06. The van der Waals surface area contributed by atoms with Crippen LogP contribution < -0.4 is 0 Å². The number of ether oxygens (including phenoxy) is 1. The van der Waals surface area contributed by atoms with Crippen molar-refractivity contribution in [3.63, 3.8) is 0 Å². The molecule has 6 heteroatoms. The number of nitrogens with one attached hydrogen (secondary N) is 1. The topological polar surface area (TPSA) is 80.9 Å². The lowest BCUT2D eigenvalue weighted by Crippen LogP contribution is -2.24. The summed E-state index contributed by atoms with van der Waals surface area (Å²) in [6, 6.07) is 1.91. The molecule has 0 radical (unpaired) electrons. The highest BCUT2D eigenvalue weighted by Crippen LogP contribution is 2.23. The summed E-state index contributed by atoms with van der Waals surface area (Å²) in [4.78, 5) is 11.8. The summed E-state index contributed by atoms with van der Waals surface area (Å²) in [6.07, 6.45) is 4.85. The monoisotopic (exact) mass is 288 g/mol. The zero-order valence-electron chi connectivity index (χ0n) is 12.8. The van der Waals surface area contributed by atoms with Gasteiger partial charge in [-0.3, -0.25) is 9.36 Å². The minimum absolute atomic E-state index is 0.0315. The van der Waals surface area contributed by atoms with Gasteiger partial charge in [-0.2, -0.15) is 5.10 Å². The van der Waals surface area contributed by atoms with Crippen molar-refractivity contribution in [3.05, 3.63) is 24.0 Å². The van der Waals surface area contributed by atoms with Gasteiger partial charge >= 0.3 is 5.97 Å². The first kappa shape index (κ1) is 15.2. The first-order valence-electron chi connectivity index (χ1n) is 6.83. The molecule has 2 heterocycles. The largest absolute Gasteiger partial charge is 0.443 e. The third kappa shape index (κ3) is 3.09. The fourth-order valence-corrected chi connectivity index (χ4v) is 1.92. The third-order valence-corrected chi connectivity index (χ3v) is 3.28. The maximum Gasteiger partial charge on any atom is 0.312 e. The predicted molar refractivity (Wildman–Crippen MR) is 80.3 cm³/mol. The summed E-state index contributed by atoms with van der Waals surface area (Å²) < 4.78 is 7.04. The highest BCUT2D eigenvalue weighted by molar-refractivity contribution is 5.83. The highest BCUT2D eigenvalue weighted by Gasteiger charge is 2.23. The Kier molecular flexibility index (Phi) is 4.06. The van der Waals surface area contributed by atoms with Gasteiger partial charge in [0.2, 0.25) is 0 Å². The predicted octanol–water partition coefficient (Wildman–Crippen LogP) is 2.73. The number of fused-ring (bicyclic) bond motifs is 1. The maximum atomic E-state index is 11.8. The molecule has 0 saturated heterocycles. The normalized spacial score (nSPS) is 13.1. The second-order valence-electron chi connectivity index (χ2n) is 6.09.